The summed E-state index contributed by atoms with van der Waals surface area (Å²) < 4.78 is 5.07. The highest BCUT2D eigenvalue weighted by Gasteiger charge is 2.07. The van der Waals surface area contributed by atoms with E-state index in [0.29, 0.717) is 13.0 Å². The fourth-order valence-electron chi connectivity index (χ4n) is 1.60. The van der Waals surface area contributed by atoms with Crippen LogP contribution in [0.2, 0.25) is 0 Å². The van der Waals surface area contributed by atoms with E-state index >= 15 is 0 Å². The highest BCUT2D eigenvalue weighted by molar-refractivity contribution is 5.72. The summed E-state index contributed by atoms with van der Waals surface area (Å²) in [5.41, 5.74) is 1.24. The zero-order valence-corrected chi connectivity index (χ0v) is 9.50. The summed E-state index contributed by atoms with van der Waals surface area (Å²) >= 11 is 0. The van der Waals surface area contributed by atoms with E-state index in [1.54, 1.807) is 0 Å². The summed E-state index contributed by atoms with van der Waals surface area (Å²) in [4.78, 5) is 11.4. The molecule has 0 aromatic rings. The molecule has 0 heterocycles. The van der Waals surface area contributed by atoms with Crippen LogP contribution in [0, 0.1) is 0 Å². The minimum absolute atomic E-state index is 0.0762. The van der Waals surface area contributed by atoms with E-state index in [0.717, 1.165) is 32.1 Å². The van der Waals surface area contributed by atoms with Crippen molar-refractivity contribution in [2.75, 3.05) is 6.61 Å². The first kappa shape index (κ1) is 12.0. The van der Waals surface area contributed by atoms with E-state index < -0.39 is 0 Å². The number of esters is 1. The maximum Gasteiger partial charge on any atom is 0.309 e. The Balaban J connectivity index is 2.32. The standard InChI is InChI=1S/C13H20O2/c1-2-10-15-13(14)11-12-8-6-4-3-5-7-9-12/h3-4,9H,2,5-8,10-11H2,1H3. The molecule has 0 amide bonds. The summed E-state index contributed by atoms with van der Waals surface area (Å²) in [6, 6.07) is 0. The first-order chi connectivity index (χ1) is 7.33. The number of carbonyl (C=O) groups excluding carboxylic acids is 1. The second kappa shape index (κ2) is 7.27. The normalized spacial score (nSPS) is 16.5. The summed E-state index contributed by atoms with van der Waals surface area (Å²) in [6.45, 7) is 2.55. The molecular weight excluding hydrogens is 188 g/mol. The van der Waals surface area contributed by atoms with E-state index in [4.69, 9.17) is 4.74 Å². The largest absolute Gasteiger partial charge is 0.465 e. The number of hydrogen-bond acceptors (Lipinski definition) is 2. The molecule has 0 fully saturated rings. The average Bonchev–Trinajstić information content (AvgIpc) is 2.19. The van der Waals surface area contributed by atoms with E-state index in [1.807, 2.05) is 6.92 Å². The zero-order chi connectivity index (χ0) is 10.9. The lowest BCUT2D eigenvalue weighted by atomic mass is 10.0. The van der Waals surface area contributed by atoms with Gasteiger partial charge in [-0.25, -0.2) is 0 Å². The zero-order valence-electron chi connectivity index (χ0n) is 9.50. The van der Waals surface area contributed by atoms with Crippen molar-refractivity contribution in [3.8, 4) is 0 Å². The van der Waals surface area contributed by atoms with E-state index in [1.165, 1.54) is 5.57 Å². The third-order valence-corrected chi connectivity index (χ3v) is 2.40. The van der Waals surface area contributed by atoms with Gasteiger partial charge in [-0.05, 0) is 32.1 Å². The summed E-state index contributed by atoms with van der Waals surface area (Å²) in [6.07, 6.45) is 12.2. The molecule has 0 N–H and O–H groups in total. The van der Waals surface area contributed by atoms with Gasteiger partial charge in [-0.1, -0.05) is 30.7 Å². The van der Waals surface area contributed by atoms with Crippen LogP contribution in [0.1, 0.15) is 45.4 Å². The van der Waals surface area contributed by atoms with E-state index in [9.17, 15) is 4.79 Å². The molecule has 0 aromatic carbocycles. The molecule has 2 heteroatoms. The number of carbonyl (C=O) groups is 1. The maximum atomic E-state index is 11.4. The van der Waals surface area contributed by atoms with Gasteiger partial charge in [-0.3, -0.25) is 4.79 Å². The minimum Gasteiger partial charge on any atom is -0.465 e. The second-order valence-corrected chi connectivity index (χ2v) is 3.85. The van der Waals surface area contributed by atoms with Gasteiger partial charge in [-0.15, -0.1) is 0 Å². The third-order valence-electron chi connectivity index (χ3n) is 2.40. The van der Waals surface area contributed by atoms with Crippen LogP contribution in [0.3, 0.4) is 0 Å². The van der Waals surface area contributed by atoms with Gasteiger partial charge in [0.05, 0.1) is 13.0 Å². The van der Waals surface area contributed by atoms with Crippen LogP contribution in [-0.2, 0) is 9.53 Å². The molecule has 0 aromatic heterocycles. The first-order valence-electron chi connectivity index (χ1n) is 5.81. The molecule has 15 heavy (non-hydrogen) atoms. The Kier molecular flexibility index (Phi) is 5.83. The molecule has 0 atom stereocenters. The van der Waals surface area contributed by atoms with Gasteiger partial charge in [-0.2, -0.15) is 0 Å². The lowest BCUT2D eigenvalue weighted by molar-refractivity contribution is -0.142. The van der Waals surface area contributed by atoms with Gasteiger partial charge >= 0.3 is 5.97 Å². The smallest absolute Gasteiger partial charge is 0.309 e. The van der Waals surface area contributed by atoms with E-state index in [-0.39, 0.29) is 5.97 Å². The van der Waals surface area contributed by atoms with Crippen LogP contribution in [0.25, 0.3) is 0 Å². The third kappa shape index (κ3) is 5.40. The Morgan fingerprint density at radius 3 is 2.93 bits per heavy atom. The SMILES string of the molecule is CCCOC(=O)CC1=CCCC=CCC1. The van der Waals surface area contributed by atoms with Crippen LogP contribution >= 0.6 is 0 Å². The van der Waals surface area contributed by atoms with Crippen LogP contribution in [0.4, 0.5) is 0 Å². The molecule has 1 aliphatic rings. The summed E-state index contributed by atoms with van der Waals surface area (Å²) in [5.74, 6) is -0.0762. The van der Waals surface area contributed by atoms with Crippen LogP contribution in [0.5, 0.6) is 0 Å². The number of hydrogen-bond donors (Lipinski definition) is 0. The van der Waals surface area contributed by atoms with Crippen molar-refractivity contribution < 1.29 is 9.53 Å². The fraction of sp³-hybridized carbons (Fsp3) is 0.615. The van der Waals surface area contributed by atoms with Gasteiger partial charge in [0.1, 0.15) is 0 Å². The van der Waals surface area contributed by atoms with Gasteiger partial charge in [0.15, 0.2) is 0 Å². The lowest BCUT2D eigenvalue weighted by Crippen LogP contribution is -2.06. The van der Waals surface area contributed by atoms with Gasteiger partial charge in [0.25, 0.3) is 0 Å². The molecule has 1 rings (SSSR count). The lowest BCUT2D eigenvalue weighted by Gasteiger charge is -2.08. The van der Waals surface area contributed by atoms with Crippen molar-refractivity contribution in [1.82, 2.24) is 0 Å². The summed E-state index contributed by atoms with van der Waals surface area (Å²) in [7, 11) is 0. The molecule has 84 valence electrons. The molecule has 0 radical (unpaired) electrons. The molecule has 0 spiro atoms. The monoisotopic (exact) mass is 208 g/mol. The highest BCUT2D eigenvalue weighted by atomic mass is 16.5. The minimum atomic E-state index is -0.0762. The molecule has 0 aliphatic heterocycles. The van der Waals surface area contributed by atoms with Crippen molar-refractivity contribution in [2.45, 2.75) is 45.4 Å². The molecule has 1 aliphatic carbocycles. The number of ether oxygens (including phenoxy) is 1. The Labute approximate surface area is 92.0 Å². The number of rotatable bonds is 4. The number of allylic oxidation sites excluding steroid dienone is 3. The molecule has 0 saturated carbocycles. The Bertz CT molecular complexity index is 251. The highest BCUT2D eigenvalue weighted by Crippen LogP contribution is 2.16. The average molecular weight is 208 g/mol. The van der Waals surface area contributed by atoms with Crippen molar-refractivity contribution >= 4 is 5.97 Å². The Morgan fingerprint density at radius 1 is 1.33 bits per heavy atom. The maximum absolute atomic E-state index is 11.4. The first-order valence-corrected chi connectivity index (χ1v) is 5.81. The quantitative estimate of drug-likeness (QED) is 0.523. The topological polar surface area (TPSA) is 26.3 Å². The van der Waals surface area contributed by atoms with Crippen LogP contribution in [0.15, 0.2) is 23.8 Å². The molecular formula is C13H20O2. The summed E-state index contributed by atoms with van der Waals surface area (Å²) in [5, 5.41) is 0. The van der Waals surface area contributed by atoms with Crippen LogP contribution in [-0.4, -0.2) is 12.6 Å². The van der Waals surface area contributed by atoms with Gasteiger partial charge in [0, 0.05) is 0 Å². The molecule has 0 bridgehead atoms. The van der Waals surface area contributed by atoms with Crippen molar-refractivity contribution in [1.29, 1.82) is 0 Å². The van der Waals surface area contributed by atoms with Crippen molar-refractivity contribution in [3.63, 3.8) is 0 Å². The molecule has 2 nitrogen and oxygen atoms in total. The van der Waals surface area contributed by atoms with Crippen LogP contribution < -0.4 is 0 Å². The van der Waals surface area contributed by atoms with E-state index in [2.05, 4.69) is 18.2 Å². The second-order valence-electron chi connectivity index (χ2n) is 3.85. The Morgan fingerprint density at radius 2 is 2.13 bits per heavy atom. The fourth-order valence-corrected chi connectivity index (χ4v) is 1.60. The Hall–Kier alpha value is -1.05. The predicted molar refractivity (Wildman–Crippen MR) is 61.6 cm³/mol. The molecule has 0 saturated heterocycles. The van der Waals surface area contributed by atoms with Crippen molar-refractivity contribution in [2.24, 2.45) is 0 Å². The predicted octanol–water partition coefficient (Wildman–Crippen LogP) is 3.39. The molecule has 0 unspecified atom stereocenters. The van der Waals surface area contributed by atoms with Crippen molar-refractivity contribution in [3.05, 3.63) is 23.8 Å². The van der Waals surface area contributed by atoms with Gasteiger partial charge < -0.3 is 4.74 Å². The van der Waals surface area contributed by atoms with Gasteiger partial charge in [0.2, 0.25) is 0 Å².